The van der Waals surface area contributed by atoms with Crippen molar-refractivity contribution in [3.8, 4) is 22.5 Å². The summed E-state index contributed by atoms with van der Waals surface area (Å²) in [6.07, 6.45) is 6.22. The Morgan fingerprint density at radius 1 is 1.03 bits per heavy atom. The first kappa shape index (κ1) is 23.1. The van der Waals surface area contributed by atoms with E-state index in [1.165, 1.54) is 0 Å². The number of hydrogen-bond acceptors (Lipinski definition) is 6. The van der Waals surface area contributed by atoms with Crippen LogP contribution in [0, 0.1) is 5.92 Å². The quantitative estimate of drug-likeness (QED) is 0.267. The zero-order valence-corrected chi connectivity index (χ0v) is 21.1. The molecule has 7 nitrogen and oxygen atoms in total. The van der Waals surface area contributed by atoms with Crippen LogP contribution in [-0.4, -0.2) is 40.6 Å². The molecule has 0 aliphatic heterocycles. The van der Waals surface area contributed by atoms with Crippen molar-refractivity contribution < 1.29 is 12.6 Å². The predicted octanol–water partition coefficient (Wildman–Crippen LogP) is 5.73. The molecule has 0 amide bonds. The minimum absolute atomic E-state index is 0.180. The molecule has 0 atom stereocenters. The molecule has 3 aromatic heterocycles. The number of aromatic nitrogens is 4. The van der Waals surface area contributed by atoms with E-state index in [0.29, 0.717) is 5.15 Å². The van der Waals surface area contributed by atoms with Crippen LogP contribution in [0.2, 0.25) is 5.15 Å². The van der Waals surface area contributed by atoms with Crippen molar-refractivity contribution in [2.45, 2.75) is 18.8 Å². The second-order valence-electron chi connectivity index (χ2n) is 9.25. The van der Waals surface area contributed by atoms with Crippen LogP contribution < -0.4 is 0 Å². The molecule has 3 heterocycles. The van der Waals surface area contributed by atoms with Crippen LogP contribution in [0.5, 0.6) is 0 Å². The molecule has 182 valence electrons. The Kier molecular flexibility index (Phi) is 5.75. The normalized spacial score (nSPS) is 17.9. The van der Waals surface area contributed by atoms with Crippen LogP contribution in [0.1, 0.15) is 24.6 Å². The van der Waals surface area contributed by atoms with E-state index >= 15 is 0 Å². The Bertz CT molecular complexity index is 1700. The zero-order valence-electron chi connectivity index (χ0n) is 19.5. The van der Waals surface area contributed by atoms with Gasteiger partial charge in [0.1, 0.15) is 11.3 Å². The van der Waals surface area contributed by atoms with Crippen LogP contribution in [0.3, 0.4) is 0 Å². The van der Waals surface area contributed by atoms with Gasteiger partial charge in [-0.05, 0) is 30.9 Å². The van der Waals surface area contributed by atoms with Gasteiger partial charge in [0.15, 0.2) is 5.15 Å². The Labute approximate surface area is 213 Å². The highest BCUT2D eigenvalue weighted by Crippen LogP contribution is 2.43. The molecule has 1 saturated carbocycles. The van der Waals surface area contributed by atoms with Crippen LogP contribution in [-0.2, 0) is 14.3 Å². The first-order valence-electron chi connectivity index (χ1n) is 11.7. The van der Waals surface area contributed by atoms with Gasteiger partial charge in [-0.3, -0.25) is 8.58 Å². The third-order valence-electron chi connectivity index (χ3n) is 6.69. The standard InChI is InChI=1S/C27H23ClN4O3S/c1-36(33,34)35-16-17-13-21(14-17)27-31-24(25-26(28)29-11-12-32(25)27)20-8-7-19-9-10-22(30-23(19)15-20)18-5-3-2-4-6-18/h2-12,15,17,21H,13-14,16H2,1H3/t17-,21+. The summed E-state index contributed by atoms with van der Waals surface area (Å²) in [6.45, 7) is 0.202. The second-order valence-corrected chi connectivity index (χ2v) is 11.3. The van der Waals surface area contributed by atoms with Gasteiger partial charge >= 0.3 is 0 Å². The third-order valence-corrected chi connectivity index (χ3v) is 7.53. The minimum atomic E-state index is -3.44. The number of rotatable bonds is 6. The molecule has 2 aromatic carbocycles. The molecule has 0 unspecified atom stereocenters. The average Bonchev–Trinajstić information content (AvgIpc) is 3.23. The van der Waals surface area contributed by atoms with E-state index in [9.17, 15) is 8.42 Å². The summed E-state index contributed by atoms with van der Waals surface area (Å²) >= 11 is 6.57. The summed E-state index contributed by atoms with van der Waals surface area (Å²) in [4.78, 5) is 14.2. The molecule has 5 aromatic rings. The molecule has 0 spiro atoms. The second kappa shape index (κ2) is 8.96. The molecule has 0 bridgehead atoms. The molecule has 6 rings (SSSR count). The van der Waals surface area contributed by atoms with E-state index in [2.05, 4.69) is 11.1 Å². The van der Waals surface area contributed by atoms with Crippen LogP contribution in [0.25, 0.3) is 38.9 Å². The van der Waals surface area contributed by atoms with Crippen molar-refractivity contribution in [1.82, 2.24) is 19.4 Å². The van der Waals surface area contributed by atoms with Crippen molar-refractivity contribution in [1.29, 1.82) is 0 Å². The molecule has 0 N–H and O–H groups in total. The molecule has 1 aliphatic carbocycles. The molecular formula is C27H23ClN4O3S. The summed E-state index contributed by atoms with van der Waals surface area (Å²) in [5.41, 5.74) is 5.27. The van der Waals surface area contributed by atoms with Gasteiger partial charge in [0.05, 0.1) is 29.8 Å². The van der Waals surface area contributed by atoms with Crippen LogP contribution in [0.4, 0.5) is 0 Å². The maximum atomic E-state index is 11.3. The van der Waals surface area contributed by atoms with Crippen LogP contribution in [0.15, 0.2) is 73.1 Å². The molecule has 0 radical (unpaired) electrons. The first-order valence-corrected chi connectivity index (χ1v) is 13.9. The monoisotopic (exact) mass is 518 g/mol. The number of pyridine rings is 1. The average molecular weight is 519 g/mol. The highest BCUT2D eigenvalue weighted by atomic mass is 35.5. The summed E-state index contributed by atoms with van der Waals surface area (Å²) in [6, 6.07) is 20.3. The van der Waals surface area contributed by atoms with Gasteiger partial charge in [0.2, 0.25) is 0 Å². The molecule has 1 fully saturated rings. The van der Waals surface area contributed by atoms with Gasteiger partial charge in [-0.1, -0.05) is 60.1 Å². The van der Waals surface area contributed by atoms with Gasteiger partial charge in [-0.15, -0.1) is 0 Å². The molecule has 9 heteroatoms. The Morgan fingerprint density at radius 3 is 2.58 bits per heavy atom. The summed E-state index contributed by atoms with van der Waals surface area (Å²) in [7, 11) is -3.44. The number of halogens is 1. The lowest BCUT2D eigenvalue weighted by molar-refractivity contribution is 0.159. The summed E-state index contributed by atoms with van der Waals surface area (Å²) < 4.78 is 29.6. The van der Waals surface area contributed by atoms with E-state index < -0.39 is 10.1 Å². The van der Waals surface area contributed by atoms with Gasteiger partial charge in [0, 0.05) is 34.8 Å². The number of nitrogens with zero attached hydrogens (tertiary/aromatic N) is 4. The Morgan fingerprint density at radius 2 is 1.81 bits per heavy atom. The highest BCUT2D eigenvalue weighted by Gasteiger charge is 2.35. The van der Waals surface area contributed by atoms with Crippen molar-refractivity contribution in [3.05, 3.63) is 84.0 Å². The highest BCUT2D eigenvalue weighted by molar-refractivity contribution is 7.85. The smallest absolute Gasteiger partial charge is 0.264 e. The maximum absolute atomic E-state index is 11.3. The summed E-state index contributed by atoms with van der Waals surface area (Å²) in [5, 5.41) is 1.42. The predicted molar refractivity (Wildman–Crippen MR) is 140 cm³/mol. The molecule has 36 heavy (non-hydrogen) atoms. The summed E-state index contributed by atoms with van der Waals surface area (Å²) in [5.74, 6) is 1.26. The van der Waals surface area contributed by atoms with E-state index in [1.54, 1.807) is 6.20 Å². The van der Waals surface area contributed by atoms with Crippen molar-refractivity contribution in [3.63, 3.8) is 0 Å². The number of benzene rings is 2. The fourth-order valence-corrected chi connectivity index (χ4v) is 5.53. The number of fused-ring (bicyclic) bond motifs is 2. The minimum Gasteiger partial charge on any atom is -0.299 e. The van der Waals surface area contributed by atoms with E-state index in [0.717, 1.165) is 63.9 Å². The Balaban J connectivity index is 1.37. The van der Waals surface area contributed by atoms with Gasteiger partial charge in [0.25, 0.3) is 10.1 Å². The lowest BCUT2D eigenvalue weighted by Crippen LogP contribution is -2.28. The van der Waals surface area contributed by atoms with Gasteiger partial charge in [-0.2, -0.15) is 8.42 Å². The largest absolute Gasteiger partial charge is 0.299 e. The SMILES string of the molecule is CS(=O)(=O)OC[C@H]1C[C@@H](c2nc(-c3ccc4ccc(-c5ccccc5)nc4c3)c3c(Cl)nccn32)C1. The lowest BCUT2D eigenvalue weighted by atomic mass is 9.75. The van der Waals surface area contributed by atoms with E-state index in [4.69, 9.17) is 25.8 Å². The number of hydrogen-bond donors (Lipinski definition) is 0. The van der Waals surface area contributed by atoms with E-state index in [-0.39, 0.29) is 18.4 Å². The topological polar surface area (TPSA) is 86.5 Å². The Hall–Kier alpha value is -3.33. The maximum Gasteiger partial charge on any atom is 0.264 e. The fraction of sp³-hybridized carbons (Fsp3) is 0.222. The number of imidazole rings is 1. The zero-order chi connectivity index (χ0) is 24.9. The molecular weight excluding hydrogens is 496 g/mol. The van der Waals surface area contributed by atoms with Crippen LogP contribution >= 0.6 is 11.6 Å². The van der Waals surface area contributed by atoms with E-state index in [1.807, 2.05) is 65.2 Å². The molecule has 0 saturated heterocycles. The lowest BCUT2D eigenvalue weighted by Gasteiger charge is -2.33. The first-order chi connectivity index (χ1) is 17.4. The molecule has 1 aliphatic rings. The van der Waals surface area contributed by atoms with Crippen molar-refractivity contribution >= 4 is 38.1 Å². The third kappa shape index (κ3) is 4.36. The van der Waals surface area contributed by atoms with Crippen molar-refractivity contribution in [2.24, 2.45) is 5.92 Å². The van der Waals surface area contributed by atoms with Gasteiger partial charge < -0.3 is 0 Å². The van der Waals surface area contributed by atoms with Gasteiger partial charge in [-0.25, -0.2) is 15.0 Å². The fourth-order valence-electron chi connectivity index (χ4n) is 4.85. The van der Waals surface area contributed by atoms with Crippen molar-refractivity contribution in [2.75, 3.05) is 12.9 Å².